The van der Waals surface area contributed by atoms with Crippen LogP contribution in [0.4, 0.5) is 5.82 Å². The average Bonchev–Trinajstić information content (AvgIpc) is 2.96. The molecule has 5 nitrogen and oxygen atoms in total. The van der Waals surface area contributed by atoms with Crippen molar-refractivity contribution in [1.29, 1.82) is 0 Å². The maximum Gasteiger partial charge on any atom is 0.181 e. The lowest BCUT2D eigenvalue weighted by molar-refractivity contribution is 0.438. The number of aromatic nitrogens is 3. The van der Waals surface area contributed by atoms with Gasteiger partial charge in [0.1, 0.15) is 16.7 Å². The maximum atomic E-state index is 6.26. The second-order valence-corrected chi connectivity index (χ2v) is 6.33. The molecular weight excluding hydrogens is 298 g/mol. The molecule has 0 saturated carbocycles. The SMILES string of the molecule is Cc1c(Cl)nc(-c2ccccn2)nc1NCC1(C)CCCN1. The van der Waals surface area contributed by atoms with Gasteiger partial charge < -0.3 is 10.6 Å². The van der Waals surface area contributed by atoms with Crippen LogP contribution in [-0.2, 0) is 0 Å². The van der Waals surface area contributed by atoms with Crippen LogP contribution in [0.5, 0.6) is 0 Å². The topological polar surface area (TPSA) is 62.7 Å². The molecule has 0 bridgehead atoms. The molecule has 0 aromatic carbocycles. The molecule has 116 valence electrons. The first kappa shape index (κ1) is 15.2. The molecule has 0 spiro atoms. The van der Waals surface area contributed by atoms with Crippen molar-refractivity contribution in [2.75, 3.05) is 18.4 Å². The predicted molar refractivity (Wildman–Crippen MR) is 89.1 cm³/mol. The minimum atomic E-state index is 0.106. The molecule has 3 rings (SSSR count). The first-order valence-electron chi connectivity index (χ1n) is 7.52. The van der Waals surface area contributed by atoms with E-state index in [1.54, 1.807) is 6.20 Å². The summed E-state index contributed by atoms with van der Waals surface area (Å²) < 4.78 is 0. The Bertz CT molecular complexity index is 653. The van der Waals surface area contributed by atoms with Crippen LogP contribution in [0.2, 0.25) is 5.15 Å². The van der Waals surface area contributed by atoms with Crippen LogP contribution in [0.15, 0.2) is 24.4 Å². The molecule has 6 heteroatoms. The van der Waals surface area contributed by atoms with Crippen molar-refractivity contribution in [3.8, 4) is 11.5 Å². The number of hydrogen-bond acceptors (Lipinski definition) is 5. The van der Waals surface area contributed by atoms with Crippen LogP contribution in [0, 0.1) is 6.92 Å². The van der Waals surface area contributed by atoms with Gasteiger partial charge >= 0.3 is 0 Å². The summed E-state index contributed by atoms with van der Waals surface area (Å²) in [6, 6.07) is 5.66. The van der Waals surface area contributed by atoms with Gasteiger partial charge in [0.05, 0.1) is 0 Å². The molecule has 1 aliphatic rings. The van der Waals surface area contributed by atoms with Crippen LogP contribution < -0.4 is 10.6 Å². The number of halogens is 1. The summed E-state index contributed by atoms with van der Waals surface area (Å²) in [5, 5.41) is 7.41. The average molecular weight is 318 g/mol. The zero-order valence-corrected chi connectivity index (χ0v) is 13.6. The third kappa shape index (κ3) is 3.20. The van der Waals surface area contributed by atoms with Crippen molar-refractivity contribution in [1.82, 2.24) is 20.3 Å². The Hall–Kier alpha value is -1.72. The lowest BCUT2D eigenvalue weighted by Gasteiger charge is -2.25. The molecule has 1 atom stereocenters. The van der Waals surface area contributed by atoms with Gasteiger partial charge in [-0.1, -0.05) is 17.7 Å². The zero-order valence-electron chi connectivity index (χ0n) is 12.9. The fraction of sp³-hybridized carbons (Fsp3) is 0.438. The lowest BCUT2D eigenvalue weighted by Crippen LogP contribution is -2.43. The Balaban J connectivity index is 1.85. The summed E-state index contributed by atoms with van der Waals surface area (Å²) in [5.74, 6) is 1.32. The van der Waals surface area contributed by atoms with Crippen molar-refractivity contribution in [3.63, 3.8) is 0 Å². The van der Waals surface area contributed by atoms with E-state index in [4.69, 9.17) is 11.6 Å². The van der Waals surface area contributed by atoms with Crippen molar-refractivity contribution in [2.24, 2.45) is 0 Å². The van der Waals surface area contributed by atoms with Crippen molar-refractivity contribution in [3.05, 3.63) is 35.1 Å². The highest BCUT2D eigenvalue weighted by molar-refractivity contribution is 6.30. The summed E-state index contributed by atoms with van der Waals surface area (Å²) in [5.41, 5.74) is 1.69. The third-order valence-corrected chi connectivity index (χ3v) is 4.45. The van der Waals surface area contributed by atoms with E-state index in [0.717, 1.165) is 36.6 Å². The van der Waals surface area contributed by atoms with Crippen LogP contribution in [0.1, 0.15) is 25.3 Å². The van der Waals surface area contributed by atoms with Crippen LogP contribution in [-0.4, -0.2) is 33.6 Å². The molecule has 3 heterocycles. The Morgan fingerprint density at radius 3 is 2.91 bits per heavy atom. The smallest absolute Gasteiger partial charge is 0.181 e. The van der Waals surface area contributed by atoms with Gasteiger partial charge in [-0.3, -0.25) is 4.98 Å². The highest BCUT2D eigenvalue weighted by atomic mass is 35.5. The van der Waals surface area contributed by atoms with Gasteiger partial charge in [-0.25, -0.2) is 9.97 Å². The third-order valence-electron chi connectivity index (χ3n) is 4.08. The Morgan fingerprint density at radius 1 is 1.36 bits per heavy atom. The first-order valence-corrected chi connectivity index (χ1v) is 7.90. The second kappa shape index (κ2) is 6.18. The molecule has 22 heavy (non-hydrogen) atoms. The lowest BCUT2D eigenvalue weighted by atomic mass is 10.0. The van der Waals surface area contributed by atoms with E-state index in [0.29, 0.717) is 11.0 Å². The largest absolute Gasteiger partial charge is 0.368 e. The van der Waals surface area contributed by atoms with Gasteiger partial charge in [-0.15, -0.1) is 0 Å². The van der Waals surface area contributed by atoms with Crippen LogP contribution in [0.25, 0.3) is 11.5 Å². The first-order chi connectivity index (χ1) is 10.6. The molecule has 1 unspecified atom stereocenters. The summed E-state index contributed by atoms with van der Waals surface area (Å²) in [6.07, 6.45) is 4.09. The Labute approximate surface area is 135 Å². The number of rotatable bonds is 4. The van der Waals surface area contributed by atoms with E-state index in [1.807, 2.05) is 25.1 Å². The molecule has 1 fully saturated rings. The van der Waals surface area contributed by atoms with Crippen LogP contribution in [0.3, 0.4) is 0 Å². The van der Waals surface area contributed by atoms with Gasteiger partial charge in [0.15, 0.2) is 5.82 Å². The second-order valence-electron chi connectivity index (χ2n) is 5.97. The maximum absolute atomic E-state index is 6.26. The Kier molecular flexibility index (Phi) is 4.27. The van der Waals surface area contributed by atoms with E-state index in [1.165, 1.54) is 6.42 Å². The fourth-order valence-electron chi connectivity index (χ4n) is 2.66. The predicted octanol–water partition coefficient (Wildman–Crippen LogP) is 3.05. The molecule has 2 aromatic heterocycles. The summed E-state index contributed by atoms with van der Waals surface area (Å²) in [7, 11) is 0. The normalized spacial score (nSPS) is 21.0. The number of pyridine rings is 1. The van der Waals surface area contributed by atoms with E-state index < -0.39 is 0 Å². The quantitative estimate of drug-likeness (QED) is 0.849. The molecule has 1 aliphatic heterocycles. The molecule has 2 N–H and O–H groups in total. The van der Waals surface area contributed by atoms with Gasteiger partial charge in [-0.05, 0) is 45.4 Å². The summed E-state index contributed by atoms with van der Waals surface area (Å²) in [6.45, 7) is 6.03. The van der Waals surface area contributed by atoms with Gasteiger partial charge in [0.25, 0.3) is 0 Å². The highest BCUT2D eigenvalue weighted by Gasteiger charge is 2.28. The number of anilines is 1. The van der Waals surface area contributed by atoms with Gasteiger partial charge in [0, 0.05) is 23.8 Å². The van der Waals surface area contributed by atoms with Gasteiger partial charge in [0.2, 0.25) is 0 Å². The number of nitrogens with one attached hydrogen (secondary N) is 2. The van der Waals surface area contributed by atoms with E-state index in [-0.39, 0.29) is 5.54 Å². The summed E-state index contributed by atoms with van der Waals surface area (Å²) in [4.78, 5) is 13.2. The Morgan fingerprint density at radius 2 is 2.23 bits per heavy atom. The minimum Gasteiger partial charge on any atom is -0.368 e. The molecule has 2 aromatic rings. The number of nitrogens with zero attached hydrogens (tertiary/aromatic N) is 3. The van der Waals surface area contributed by atoms with Crippen molar-refractivity contribution >= 4 is 17.4 Å². The highest BCUT2D eigenvalue weighted by Crippen LogP contribution is 2.25. The number of hydrogen-bond donors (Lipinski definition) is 2. The molecule has 0 radical (unpaired) electrons. The molecule has 0 amide bonds. The fourth-order valence-corrected chi connectivity index (χ4v) is 2.83. The zero-order chi connectivity index (χ0) is 15.6. The minimum absolute atomic E-state index is 0.106. The van der Waals surface area contributed by atoms with Crippen LogP contribution >= 0.6 is 11.6 Å². The van der Waals surface area contributed by atoms with E-state index in [2.05, 4.69) is 32.5 Å². The van der Waals surface area contributed by atoms with Crippen molar-refractivity contribution < 1.29 is 0 Å². The molecule has 1 saturated heterocycles. The molecular formula is C16H20ClN5. The van der Waals surface area contributed by atoms with Gasteiger partial charge in [-0.2, -0.15) is 0 Å². The van der Waals surface area contributed by atoms with Crippen molar-refractivity contribution in [2.45, 2.75) is 32.2 Å². The monoisotopic (exact) mass is 317 g/mol. The molecule has 0 aliphatic carbocycles. The summed E-state index contributed by atoms with van der Waals surface area (Å²) >= 11 is 6.26. The van der Waals surface area contributed by atoms with E-state index >= 15 is 0 Å². The standard InChI is InChI=1S/C16H20ClN5/c1-11-13(17)21-15(12-6-3-4-8-18-12)22-14(11)19-10-16(2)7-5-9-20-16/h3-4,6,8,20H,5,7,9-10H2,1-2H3,(H,19,21,22). The van der Waals surface area contributed by atoms with E-state index in [9.17, 15) is 0 Å².